The van der Waals surface area contributed by atoms with Gasteiger partial charge in [-0.05, 0) is 0 Å². The lowest BCUT2D eigenvalue weighted by Gasteiger charge is -2.04. The summed E-state index contributed by atoms with van der Waals surface area (Å²) in [6, 6.07) is 0.952. The number of nitrogens with one attached hydrogen (secondary N) is 2. The van der Waals surface area contributed by atoms with Gasteiger partial charge in [0.2, 0.25) is 0 Å². The number of hydrogen-bond donors (Lipinski definition) is 3. The third-order valence-electron chi connectivity index (χ3n) is 2.02. The Labute approximate surface area is 118 Å². The molecule has 0 bridgehead atoms. The smallest absolute Gasteiger partial charge is 0.404 e. The highest BCUT2D eigenvalue weighted by molar-refractivity contribution is 7.91. The Morgan fingerprint density at radius 3 is 2.70 bits per heavy atom. The van der Waals surface area contributed by atoms with Crippen molar-refractivity contribution in [2.45, 2.75) is 4.21 Å². The number of carbonyl (C=O) groups is 1. The fourth-order valence-corrected chi connectivity index (χ4v) is 3.54. The molecule has 12 heteroatoms. The lowest BCUT2D eigenvalue weighted by Crippen LogP contribution is -2.28. The van der Waals surface area contributed by atoms with Crippen LogP contribution in [0.25, 0.3) is 0 Å². The molecule has 1 amide bonds. The molecule has 1 aromatic rings. The molecule has 0 aliphatic carbocycles. The zero-order chi connectivity index (χ0) is 15.3. The number of ether oxygens (including phenoxy) is 1. The number of amides is 1. The molecule has 0 unspecified atom stereocenters. The van der Waals surface area contributed by atoms with Gasteiger partial charge in [0, 0.05) is 19.7 Å². The van der Waals surface area contributed by atoms with E-state index in [0.717, 1.165) is 17.4 Å². The molecule has 0 aliphatic rings. The second kappa shape index (κ2) is 6.49. The molecule has 0 fully saturated rings. The summed E-state index contributed by atoms with van der Waals surface area (Å²) in [6.07, 6.45) is -1.02. The number of carbonyl (C=O) groups excluding carboxylic acids is 1. The second-order valence-electron chi connectivity index (χ2n) is 3.35. The molecule has 4 N–H and O–H groups in total. The zero-order valence-electron chi connectivity index (χ0n) is 10.3. The van der Waals surface area contributed by atoms with Gasteiger partial charge in [-0.3, -0.25) is 10.1 Å². The van der Waals surface area contributed by atoms with E-state index in [4.69, 9.17) is 5.73 Å². The lowest BCUT2D eigenvalue weighted by atomic mass is 10.5. The maximum Gasteiger partial charge on any atom is 0.404 e. The highest BCUT2D eigenvalue weighted by Gasteiger charge is 2.25. The SMILES string of the molecule is CNc1sc(S(=O)(=O)NCCOC(N)=O)cc1[N+](=O)[O-]. The molecule has 0 radical (unpaired) electrons. The van der Waals surface area contributed by atoms with E-state index in [-0.39, 0.29) is 28.0 Å². The van der Waals surface area contributed by atoms with Crippen molar-refractivity contribution >= 4 is 38.1 Å². The third kappa shape index (κ3) is 4.04. The largest absolute Gasteiger partial charge is 0.448 e. The molecule has 0 saturated carbocycles. The van der Waals surface area contributed by atoms with E-state index in [1.165, 1.54) is 7.05 Å². The van der Waals surface area contributed by atoms with Crippen LogP contribution < -0.4 is 15.8 Å². The summed E-state index contributed by atoms with van der Waals surface area (Å²) in [6.45, 7) is -0.424. The van der Waals surface area contributed by atoms with Crippen molar-refractivity contribution < 1.29 is 22.9 Å². The summed E-state index contributed by atoms with van der Waals surface area (Å²) in [5, 5.41) is 13.4. The van der Waals surface area contributed by atoms with Gasteiger partial charge in [0.1, 0.15) is 10.8 Å². The van der Waals surface area contributed by atoms with Crippen LogP contribution in [0.1, 0.15) is 0 Å². The molecule has 0 aliphatic heterocycles. The summed E-state index contributed by atoms with van der Waals surface area (Å²) in [4.78, 5) is 20.4. The van der Waals surface area contributed by atoms with Crippen molar-refractivity contribution in [3.8, 4) is 0 Å². The van der Waals surface area contributed by atoms with Crippen molar-refractivity contribution in [1.29, 1.82) is 0 Å². The first kappa shape index (κ1) is 16.1. The molecule has 1 rings (SSSR count). The third-order valence-corrected chi connectivity index (χ3v) is 5.09. The highest BCUT2D eigenvalue weighted by atomic mass is 32.2. The Morgan fingerprint density at radius 1 is 1.60 bits per heavy atom. The molecule has 1 aromatic heterocycles. The van der Waals surface area contributed by atoms with Crippen molar-refractivity contribution in [2.24, 2.45) is 5.73 Å². The second-order valence-corrected chi connectivity index (χ2v) is 6.40. The predicted molar refractivity (Wildman–Crippen MR) is 71.2 cm³/mol. The van der Waals surface area contributed by atoms with Crippen molar-refractivity contribution in [3.05, 3.63) is 16.2 Å². The Balaban J connectivity index is 2.82. The molecular weight excluding hydrogens is 312 g/mol. The van der Waals surface area contributed by atoms with Crippen LogP contribution >= 0.6 is 11.3 Å². The van der Waals surface area contributed by atoms with Gasteiger partial charge < -0.3 is 15.8 Å². The van der Waals surface area contributed by atoms with E-state index in [1.54, 1.807) is 0 Å². The van der Waals surface area contributed by atoms with Crippen LogP contribution in [0.3, 0.4) is 0 Å². The summed E-state index contributed by atoms with van der Waals surface area (Å²) in [5.74, 6) is 0. The molecule has 0 saturated heterocycles. The minimum atomic E-state index is -3.91. The molecule has 0 spiro atoms. The average molecular weight is 324 g/mol. The van der Waals surface area contributed by atoms with Crippen LogP contribution in [-0.4, -0.2) is 39.6 Å². The first-order valence-electron chi connectivity index (χ1n) is 5.16. The van der Waals surface area contributed by atoms with Gasteiger partial charge in [-0.1, -0.05) is 11.3 Å². The molecule has 1 heterocycles. The molecule has 20 heavy (non-hydrogen) atoms. The number of rotatable bonds is 7. The number of hydrogen-bond acceptors (Lipinski definition) is 8. The Morgan fingerprint density at radius 2 is 2.25 bits per heavy atom. The van der Waals surface area contributed by atoms with Gasteiger partial charge in [0.25, 0.3) is 10.0 Å². The number of nitrogens with two attached hydrogens (primary N) is 1. The van der Waals surface area contributed by atoms with Crippen molar-refractivity contribution in [2.75, 3.05) is 25.5 Å². The highest BCUT2D eigenvalue weighted by Crippen LogP contribution is 2.36. The number of thiophene rings is 1. The number of nitrogens with zero attached hydrogens (tertiary/aromatic N) is 1. The fourth-order valence-electron chi connectivity index (χ4n) is 1.21. The molecule has 10 nitrogen and oxygen atoms in total. The maximum atomic E-state index is 11.9. The first-order valence-corrected chi connectivity index (χ1v) is 7.45. The average Bonchev–Trinajstić information content (AvgIpc) is 2.79. The maximum absolute atomic E-state index is 11.9. The van der Waals surface area contributed by atoms with Crippen LogP contribution in [0.5, 0.6) is 0 Å². The Hall–Kier alpha value is -1.92. The molecular formula is C8H12N4O6S2. The normalized spacial score (nSPS) is 11.1. The van der Waals surface area contributed by atoms with Gasteiger partial charge in [-0.15, -0.1) is 0 Å². The van der Waals surface area contributed by atoms with Gasteiger partial charge >= 0.3 is 11.8 Å². The summed E-state index contributed by atoms with van der Waals surface area (Å²) in [7, 11) is -2.46. The van der Waals surface area contributed by atoms with Crippen molar-refractivity contribution in [3.63, 3.8) is 0 Å². The van der Waals surface area contributed by atoms with E-state index in [2.05, 4.69) is 14.8 Å². The zero-order valence-corrected chi connectivity index (χ0v) is 11.9. The van der Waals surface area contributed by atoms with Crippen LogP contribution in [0.4, 0.5) is 15.5 Å². The number of primary amides is 1. The standard InChI is InChI=1S/C8H12N4O6S2/c1-10-7-5(12(14)15)4-6(19-7)20(16,17)11-2-3-18-8(9)13/h4,10-11H,2-3H2,1H3,(H2,9,13). The van der Waals surface area contributed by atoms with E-state index in [9.17, 15) is 23.3 Å². The number of anilines is 1. The topological polar surface area (TPSA) is 154 Å². The quantitative estimate of drug-likeness (QED) is 0.364. The van der Waals surface area contributed by atoms with Gasteiger partial charge in [-0.2, -0.15) is 0 Å². The van der Waals surface area contributed by atoms with Gasteiger partial charge in [0.15, 0.2) is 5.00 Å². The van der Waals surface area contributed by atoms with Crippen LogP contribution in [0, 0.1) is 10.1 Å². The minimum Gasteiger partial charge on any atom is -0.448 e. The summed E-state index contributed by atoms with van der Waals surface area (Å²) < 4.78 is 30.0. The monoisotopic (exact) mass is 324 g/mol. The van der Waals surface area contributed by atoms with E-state index in [0.29, 0.717) is 0 Å². The first-order chi connectivity index (χ1) is 9.27. The van der Waals surface area contributed by atoms with Gasteiger partial charge in [-0.25, -0.2) is 17.9 Å². The van der Waals surface area contributed by atoms with Crippen LogP contribution in [0.2, 0.25) is 0 Å². The van der Waals surface area contributed by atoms with E-state index < -0.39 is 21.0 Å². The fraction of sp³-hybridized carbons (Fsp3) is 0.375. The van der Waals surface area contributed by atoms with Gasteiger partial charge in [0.05, 0.1) is 4.92 Å². The van der Waals surface area contributed by atoms with Crippen molar-refractivity contribution in [1.82, 2.24) is 4.72 Å². The molecule has 0 aromatic carbocycles. The summed E-state index contributed by atoms with van der Waals surface area (Å²) in [5.41, 5.74) is 4.38. The summed E-state index contributed by atoms with van der Waals surface area (Å²) >= 11 is 0.723. The van der Waals surface area contributed by atoms with Crippen LogP contribution in [0.15, 0.2) is 10.3 Å². The number of nitro groups is 1. The lowest BCUT2D eigenvalue weighted by molar-refractivity contribution is -0.383. The Bertz CT molecular complexity index is 610. The van der Waals surface area contributed by atoms with E-state index >= 15 is 0 Å². The molecule has 0 atom stereocenters. The minimum absolute atomic E-state index is 0.128. The van der Waals surface area contributed by atoms with E-state index in [1.807, 2.05) is 0 Å². The predicted octanol–water partition coefficient (Wildman–Crippen LogP) is 0.0716. The Kier molecular flexibility index (Phi) is 5.24. The number of sulfonamides is 1. The van der Waals surface area contributed by atoms with Crippen LogP contribution in [-0.2, 0) is 14.8 Å². The molecule has 112 valence electrons.